The smallest absolute Gasteiger partial charge is 0.416 e. The highest BCUT2D eigenvalue weighted by atomic mass is 19.4. The van der Waals surface area contributed by atoms with Crippen LogP contribution in [0, 0.1) is 19.7 Å². The Morgan fingerprint density at radius 1 is 1.11 bits per heavy atom. The zero-order valence-electron chi connectivity index (χ0n) is 25.7. The largest absolute Gasteiger partial charge is 0.496 e. The van der Waals surface area contributed by atoms with Gasteiger partial charge in [0.1, 0.15) is 17.7 Å². The van der Waals surface area contributed by atoms with Crippen LogP contribution in [0.4, 0.5) is 22.4 Å². The van der Waals surface area contributed by atoms with E-state index >= 15 is 4.39 Å². The van der Waals surface area contributed by atoms with Gasteiger partial charge in [-0.3, -0.25) is 4.90 Å². The minimum absolute atomic E-state index is 0.0151. The highest BCUT2D eigenvalue weighted by Gasteiger charge is 2.41. The van der Waals surface area contributed by atoms with Crippen molar-refractivity contribution in [3.05, 3.63) is 87.7 Å². The van der Waals surface area contributed by atoms with E-state index in [2.05, 4.69) is 0 Å². The maximum Gasteiger partial charge on any atom is 0.416 e. The Hall–Kier alpha value is -3.55. The van der Waals surface area contributed by atoms with Crippen molar-refractivity contribution in [2.24, 2.45) is 0 Å². The van der Waals surface area contributed by atoms with Crippen molar-refractivity contribution in [3.63, 3.8) is 0 Å². The van der Waals surface area contributed by atoms with E-state index in [0.29, 0.717) is 22.3 Å². The number of benzene rings is 3. The lowest BCUT2D eigenvalue weighted by atomic mass is 9.92. The number of ether oxygens (including phenoxy) is 2. The molecule has 0 aromatic heterocycles. The third-order valence-electron chi connectivity index (χ3n) is 6.73. The van der Waals surface area contributed by atoms with E-state index in [-0.39, 0.29) is 23.4 Å². The number of carbonyl (C=O) groups is 1. The van der Waals surface area contributed by atoms with Gasteiger partial charge in [-0.05, 0) is 67.1 Å². The Labute approximate surface area is 225 Å². The number of hydrogen-bond donors (Lipinski definition) is 0. The summed E-state index contributed by atoms with van der Waals surface area (Å²) in [7, 11) is 1.33. The van der Waals surface area contributed by atoms with Gasteiger partial charge in [-0.15, -0.1) is 0 Å². The van der Waals surface area contributed by atoms with Gasteiger partial charge in [0.2, 0.25) is 0 Å². The SMILES string of the molecule is [2H]C([2H])([2H])C([2H])(C)c1cc(-c2ccc(C)cc2CN2C(=O)O[C@H](c3cc(C)cc(C(F)(F)F)c3)[C@@H]2C)c(OC)cc1F. The van der Waals surface area contributed by atoms with E-state index in [1.807, 2.05) is 6.92 Å². The first kappa shape index (κ1) is 22.4. The minimum Gasteiger partial charge on any atom is -0.496 e. The first-order valence-corrected chi connectivity index (χ1v) is 12.0. The summed E-state index contributed by atoms with van der Waals surface area (Å²) in [6.07, 6.45) is -6.24. The van der Waals surface area contributed by atoms with Gasteiger partial charge in [0.25, 0.3) is 0 Å². The molecule has 0 spiro atoms. The molecule has 1 unspecified atom stereocenters. The average Bonchev–Trinajstić information content (AvgIpc) is 3.15. The highest BCUT2D eigenvalue weighted by molar-refractivity contribution is 5.76. The molecule has 3 aromatic carbocycles. The Morgan fingerprint density at radius 2 is 1.84 bits per heavy atom. The van der Waals surface area contributed by atoms with Gasteiger partial charge in [-0.1, -0.05) is 49.2 Å². The van der Waals surface area contributed by atoms with Crippen LogP contribution in [0.2, 0.25) is 0 Å². The summed E-state index contributed by atoms with van der Waals surface area (Å²) in [5.74, 6) is -3.09. The van der Waals surface area contributed by atoms with Crippen LogP contribution in [0.5, 0.6) is 5.75 Å². The lowest BCUT2D eigenvalue weighted by Gasteiger charge is -2.24. The second-order valence-electron chi connectivity index (χ2n) is 9.62. The van der Waals surface area contributed by atoms with Crippen molar-refractivity contribution in [3.8, 4) is 16.9 Å². The molecule has 1 fully saturated rings. The van der Waals surface area contributed by atoms with Gasteiger partial charge >= 0.3 is 12.3 Å². The molecule has 3 atom stereocenters. The lowest BCUT2D eigenvalue weighted by molar-refractivity contribution is -0.137. The normalized spacial score (nSPS) is 21.2. The van der Waals surface area contributed by atoms with Crippen molar-refractivity contribution in [2.45, 2.75) is 65.3 Å². The maximum absolute atomic E-state index is 15.1. The molecule has 1 amide bonds. The molecule has 0 bridgehead atoms. The summed E-state index contributed by atoms with van der Waals surface area (Å²) in [6, 6.07) is 10.5. The van der Waals surface area contributed by atoms with Gasteiger partial charge < -0.3 is 9.47 Å². The molecule has 0 N–H and O–H groups in total. The molecule has 1 aliphatic heterocycles. The number of hydrogen-bond acceptors (Lipinski definition) is 3. The van der Waals surface area contributed by atoms with Gasteiger partial charge in [-0.2, -0.15) is 13.2 Å². The zero-order valence-corrected chi connectivity index (χ0v) is 21.7. The maximum atomic E-state index is 15.1. The summed E-state index contributed by atoms with van der Waals surface area (Å²) in [5.41, 5.74) is 1.63. The van der Waals surface area contributed by atoms with Crippen LogP contribution in [0.15, 0.2) is 48.5 Å². The Balaban J connectivity index is 1.77. The summed E-state index contributed by atoms with van der Waals surface area (Å²) in [6.45, 7) is 3.31. The Morgan fingerprint density at radius 3 is 2.50 bits per heavy atom. The number of aryl methyl sites for hydroxylation is 2. The summed E-state index contributed by atoms with van der Waals surface area (Å²) >= 11 is 0. The van der Waals surface area contributed by atoms with Crippen molar-refractivity contribution in [1.82, 2.24) is 4.90 Å². The van der Waals surface area contributed by atoms with Crippen molar-refractivity contribution in [2.75, 3.05) is 7.11 Å². The molecule has 202 valence electrons. The second kappa shape index (κ2) is 10.3. The molecule has 38 heavy (non-hydrogen) atoms. The zero-order chi connectivity index (χ0) is 31.4. The van der Waals surface area contributed by atoms with Crippen LogP contribution in [0.25, 0.3) is 11.1 Å². The first-order valence-electron chi connectivity index (χ1n) is 14.0. The van der Waals surface area contributed by atoms with Crippen molar-refractivity contribution < 1.29 is 37.3 Å². The highest BCUT2D eigenvalue weighted by Crippen LogP contribution is 2.40. The van der Waals surface area contributed by atoms with E-state index < -0.39 is 48.5 Å². The summed E-state index contributed by atoms with van der Waals surface area (Å²) in [4.78, 5) is 14.5. The average molecular weight is 534 g/mol. The summed E-state index contributed by atoms with van der Waals surface area (Å²) < 4.78 is 98.3. The summed E-state index contributed by atoms with van der Waals surface area (Å²) in [5, 5.41) is 0. The predicted octanol–water partition coefficient (Wildman–Crippen LogP) is 8.34. The third kappa shape index (κ3) is 5.35. The van der Waals surface area contributed by atoms with Crippen LogP contribution in [-0.2, 0) is 17.5 Å². The standard InChI is InChI=1S/C30H31F4NO3/c1-16(2)24-13-25(27(37-6)14-26(24)31)23-8-7-17(3)9-21(23)15-35-19(5)28(38-29(35)36)20-10-18(4)11-22(12-20)30(32,33)34/h7-14,16,19,28H,15H2,1-6H3/t19-,28-/m0/s1/i1D3,16D/t16?,19-,28-. The Bertz CT molecular complexity index is 1520. The van der Waals surface area contributed by atoms with E-state index in [1.54, 1.807) is 31.2 Å². The van der Waals surface area contributed by atoms with Crippen molar-refractivity contribution in [1.29, 1.82) is 0 Å². The fourth-order valence-corrected chi connectivity index (χ4v) is 4.82. The molecular formula is C30H31F4NO3. The number of alkyl halides is 3. The van der Waals surface area contributed by atoms with Gasteiger partial charge in [-0.25, -0.2) is 9.18 Å². The number of cyclic esters (lactones) is 1. The van der Waals surface area contributed by atoms with E-state index in [4.69, 9.17) is 15.0 Å². The van der Waals surface area contributed by atoms with Crippen LogP contribution in [0.1, 0.15) is 71.6 Å². The minimum atomic E-state index is -4.56. The molecule has 1 aliphatic rings. The predicted molar refractivity (Wildman–Crippen MR) is 138 cm³/mol. The topological polar surface area (TPSA) is 38.8 Å². The molecular weight excluding hydrogens is 498 g/mol. The van der Waals surface area contributed by atoms with E-state index in [9.17, 15) is 18.0 Å². The number of methoxy groups -OCH3 is 1. The molecule has 4 nitrogen and oxygen atoms in total. The van der Waals surface area contributed by atoms with E-state index in [0.717, 1.165) is 30.7 Å². The van der Waals surface area contributed by atoms with Crippen molar-refractivity contribution >= 4 is 6.09 Å². The van der Waals surface area contributed by atoms with Crippen LogP contribution < -0.4 is 4.74 Å². The molecule has 1 heterocycles. The van der Waals surface area contributed by atoms with Crippen LogP contribution in [0.3, 0.4) is 0 Å². The van der Waals surface area contributed by atoms with Gasteiger partial charge in [0, 0.05) is 17.1 Å². The first-order chi connectivity index (χ1) is 19.3. The number of amides is 1. The van der Waals surface area contributed by atoms with E-state index in [1.165, 1.54) is 25.0 Å². The van der Waals surface area contributed by atoms with Gasteiger partial charge in [0.05, 0.1) is 25.3 Å². The molecule has 0 saturated carbocycles. The Kier molecular flexibility index (Phi) is 6.09. The lowest BCUT2D eigenvalue weighted by Crippen LogP contribution is -2.31. The molecule has 4 rings (SSSR count). The monoisotopic (exact) mass is 533 g/mol. The van der Waals surface area contributed by atoms with Crippen LogP contribution >= 0.6 is 0 Å². The van der Waals surface area contributed by atoms with Crippen LogP contribution in [-0.4, -0.2) is 24.1 Å². The number of nitrogens with zero attached hydrogens (tertiary/aromatic N) is 1. The fraction of sp³-hybridized carbons (Fsp3) is 0.367. The number of carbonyl (C=O) groups excluding carboxylic acids is 1. The number of rotatable bonds is 6. The molecule has 0 radical (unpaired) electrons. The van der Waals surface area contributed by atoms with Gasteiger partial charge in [0.15, 0.2) is 0 Å². The molecule has 1 saturated heterocycles. The second-order valence-corrected chi connectivity index (χ2v) is 9.62. The molecule has 8 heteroatoms. The molecule has 3 aromatic rings. The quantitative estimate of drug-likeness (QED) is 0.299. The molecule has 0 aliphatic carbocycles. The number of halogens is 4. The fourth-order valence-electron chi connectivity index (χ4n) is 4.82. The third-order valence-corrected chi connectivity index (χ3v) is 6.73.